The summed E-state index contributed by atoms with van der Waals surface area (Å²) in [6.45, 7) is 4.06. The minimum Gasteiger partial charge on any atom is -0.409 e. The summed E-state index contributed by atoms with van der Waals surface area (Å²) < 4.78 is 6.93. The molecule has 0 aliphatic heterocycles. The number of hydrogen-bond acceptors (Lipinski definition) is 4. The highest BCUT2D eigenvalue weighted by Crippen LogP contribution is 2.18. The molecule has 0 unspecified atom stereocenters. The van der Waals surface area contributed by atoms with Gasteiger partial charge >= 0.3 is 0 Å². The molecule has 0 aliphatic carbocycles. The van der Waals surface area contributed by atoms with Gasteiger partial charge < -0.3 is 4.42 Å². The molecule has 0 amide bonds. The molecule has 5 heteroatoms. The number of nitrogens with zero attached hydrogens (tertiary/aromatic N) is 2. The molecule has 0 N–H and O–H groups in total. The highest BCUT2D eigenvalue weighted by Gasteiger charge is 2.12. The molecule has 1 heterocycles. The fraction of sp³-hybridized carbons (Fsp3) is 0.167. The summed E-state index contributed by atoms with van der Waals surface area (Å²) in [5.41, 5.74) is 3.74. The molecule has 0 saturated carbocycles. The van der Waals surface area contributed by atoms with Gasteiger partial charge in [0, 0.05) is 11.1 Å². The Hall–Kier alpha value is -2.53. The molecule has 0 spiro atoms. The number of Topliss-reactive ketones (excluding diaryl/α,β-unsaturated/α-hetero) is 1. The Morgan fingerprint density at radius 1 is 1.04 bits per heavy atom. The molecule has 0 bridgehead atoms. The summed E-state index contributed by atoms with van der Waals surface area (Å²) in [5.74, 6) is 0.372. The second-order valence-electron chi connectivity index (χ2n) is 5.49. The standard InChI is InChI=1S/C18H16N2O2S/c1-12-3-7-14(8-4-12)16(21)11-20-18(23)22-17(19-20)15-9-5-13(2)6-10-15/h3-10H,11H2,1-2H3. The second-order valence-corrected chi connectivity index (χ2v) is 5.84. The van der Waals surface area contributed by atoms with Crippen LogP contribution in [0, 0.1) is 18.7 Å². The van der Waals surface area contributed by atoms with E-state index in [2.05, 4.69) is 5.10 Å². The Balaban J connectivity index is 1.84. The van der Waals surface area contributed by atoms with Crippen LogP contribution in [0.1, 0.15) is 21.5 Å². The topological polar surface area (TPSA) is 48.0 Å². The van der Waals surface area contributed by atoms with E-state index in [1.165, 1.54) is 4.68 Å². The summed E-state index contributed by atoms with van der Waals surface area (Å²) in [4.78, 5) is 12.5. The first kappa shape index (κ1) is 15.4. The van der Waals surface area contributed by atoms with E-state index >= 15 is 0 Å². The van der Waals surface area contributed by atoms with Crippen molar-refractivity contribution in [2.45, 2.75) is 20.4 Å². The van der Waals surface area contributed by atoms with Gasteiger partial charge in [0.1, 0.15) is 6.54 Å². The first-order chi connectivity index (χ1) is 11.0. The molecule has 116 valence electrons. The maximum atomic E-state index is 12.3. The van der Waals surface area contributed by atoms with Crippen molar-refractivity contribution < 1.29 is 9.21 Å². The number of rotatable bonds is 4. The Labute approximate surface area is 139 Å². The molecule has 0 fully saturated rings. The highest BCUT2D eigenvalue weighted by molar-refractivity contribution is 7.71. The molecule has 0 saturated heterocycles. The highest BCUT2D eigenvalue weighted by atomic mass is 32.1. The van der Waals surface area contributed by atoms with Crippen LogP contribution in [0.2, 0.25) is 0 Å². The molecule has 0 atom stereocenters. The number of carbonyl (C=O) groups is 1. The molecular weight excluding hydrogens is 308 g/mol. The Morgan fingerprint density at radius 3 is 2.22 bits per heavy atom. The van der Waals surface area contributed by atoms with Gasteiger partial charge in [-0.15, -0.1) is 5.10 Å². The van der Waals surface area contributed by atoms with Gasteiger partial charge in [-0.3, -0.25) is 4.79 Å². The third-order valence-electron chi connectivity index (χ3n) is 3.57. The number of hydrogen-bond donors (Lipinski definition) is 0. The quantitative estimate of drug-likeness (QED) is 0.528. The smallest absolute Gasteiger partial charge is 0.287 e. The summed E-state index contributed by atoms with van der Waals surface area (Å²) in [6.07, 6.45) is 0. The van der Waals surface area contributed by atoms with E-state index in [1.807, 2.05) is 62.4 Å². The van der Waals surface area contributed by atoms with Gasteiger partial charge in [-0.2, -0.15) is 0 Å². The Bertz CT molecular complexity index is 890. The lowest BCUT2D eigenvalue weighted by molar-refractivity contribution is 0.0966. The van der Waals surface area contributed by atoms with E-state index in [0.717, 1.165) is 16.7 Å². The summed E-state index contributed by atoms with van der Waals surface area (Å²) in [7, 11) is 0. The van der Waals surface area contributed by atoms with E-state index in [-0.39, 0.29) is 17.2 Å². The van der Waals surface area contributed by atoms with Crippen molar-refractivity contribution in [1.82, 2.24) is 9.78 Å². The predicted molar refractivity (Wildman–Crippen MR) is 91.0 cm³/mol. The molecule has 4 nitrogen and oxygen atoms in total. The van der Waals surface area contributed by atoms with E-state index in [4.69, 9.17) is 16.6 Å². The van der Waals surface area contributed by atoms with E-state index < -0.39 is 0 Å². The molecule has 23 heavy (non-hydrogen) atoms. The summed E-state index contributed by atoms with van der Waals surface area (Å²) in [5, 5.41) is 4.32. The SMILES string of the molecule is Cc1ccc(C(=O)Cn2nc(-c3ccc(C)cc3)oc2=S)cc1. The molecule has 1 aromatic heterocycles. The van der Waals surface area contributed by atoms with Crippen LogP contribution in [0.3, 0.4) is 0 Å². The minimum atomic E-state index is -0.0511. The Morgan fingerprint density at radius 2 is 1.61 bits per heavy atom. The number of carbonyl (C=O) groups excluding carboxylic acids is 1. The normalized spacial score (nSPS) is 10.7. The summed E-state index contributed by atoms with van der Waals surface area (Å²) >= 11 is 5.17. The first-order valence-electron chi connectivity index (χ1n) is 7.28. The third-order valence-corrected chi connectivity index (χ3v) is 3.87. The van der Waals surface area contributed by atoms with Crippen molar-refractivity contribution >= 4 is 18.0 Å². The van der Waals surface area contributed by atoms with Gasteiger partial charge in [0.05, 0.1) is 0 Å². The van der Waals surface area contributed by atoms with Gasteiger partial charge in [-0.25, -0.2) is 4.68 Å². The maximum Gasteiger partial charge on any atom is 0.287 e. The third kappa shape index (κ3) is 3.46. The number of benzene rings is 2. The molecule has 3 aromatic rings. The molecule has 3 rings (SSSR count). The van der Waals surface area contributed by atoms with E-state index in [9.17, 15) is 4.79 Å². The van der Waals surface area contributed by atoms with Crippen LogP contribution in [0.15, 0.2) is 52.9 Å². The van der Waals surface area contributed by atoms with Crippen LogP contribution in [-0.4, -0.2) is 15.6 Å². The van der Waals surface area contributed by atoms with Gasteiger partial charge in [0.25, 0.3) is 4.84 Å². The van der Waals surface area contributed by atoms with Crippen molar-refractivity contribution in [3.8, 4) is 11.5 Å². The van der Waals surface area contributed by atoms with Gasteiger partial charge in [-0.05, 0) is 38.2 Å². The van der Waals surface area contributed by atoms with Crippen molar-refractivity contribution in [3.05, 3.63) is 70.1 Å². The van der Waals surface area contributed by atoms with Gasteiger partial charge in [-0.1, -0.05) is 47.5 Å². The lowest BCUT2D eigenvalue weighted by atomic mass is 10.1. The lowest BCUT2D eigenvalue weighted by Crippen LogP contribution is -2.11. The number of aromatic nitrogens is 2. The van der Waals surface area contributed by atoms with Crippen LogP contribution in [0.25, 0.3) is 11.5 Å². The molecule has 0 radical (unpaired) electrons. The number of aryl methyl sites for hydroxylation is 2. The van der Waals surface area contributed by atoms with Crippen LogP contribution >= 0.6 is 12.2 Å². The van der Waals surface area contributed by atoms with Crippen molar-refractivity contribution in [1.29, 1.82) is 0 Å². The van der Waals surface area contributed by atoms with E-state index in [0.29, 0.717) is 11.5 Å². The second kappa shape index (κ2) is 6.30. The molecular formula is C18H16N2O2S. The monoisotopic (exact) mass is 324 g/mol. The van der Waals surface area contributed by atoms with Crippen molar-refractivity contribution in [2.24, 2.45) is 0 Å². The zero-order chi connectivity index (χ0) is 16.4. The van der Waals surface area contributed by atoms with Crippen molar-refractivity contribution in [3.63, 3.8) is 0 Å². The average Bonchev–Trinajstić information content (AvgIpc) is 2.89. The minimum absolute atomic E-state index is 0.0511. The predicted octanol–water partition coefficient (Wildman–Crippen LogP) is 4.37. The average molecular weight is 324 g/mol. The number of ketones is 1. The van der Waals surface area contributed by atoms with Gasteiger partial charge in [0.2, 0.25) is 5.89 Å². The fourth-order valence-electron chi connectivity index (χ4n) is 2.19. The molecule has 0 aliphatic rings. The van der Waals surface area contributed by atoms with Crippen molar-refractivity contribution in [2.75, 3.05) is 0 Å². The van der Waals surface area contributed by atoms with E-state index in [1.54, 1.807) is 0 Å². The fourth-order valence-corrected chi connectivity index (χ4v) is 2.37. The zero-order valence-corrected chi connectivity index (χ0v) is 13.8. The van der Waals surface area contributed by atoms with Crippen LogP contribution in [-0.2, 0) is 6.54 Å². The summed E-state index contributed by atoms with van der Waals surface area (Å²) in [6, 6.07) is 15.2. The lowest BCUT2D eigenvalue weighted by Gasteiger charge is -2.01. The van der Waals surface area contributed by atoms with Crippen LogP contribution in [0.4, 0.5) is 0 Å². The van der Waals surface area contributed by atoms with Crippen LogP contribution < -0.4 is 0 Å². The maximum absolute atomic E-state index is 12.3. The Kier molecular flexibility index (Phi) is 4.21. The van der Waals surface area contributed by atoms with Gasteiger partial charge in [0.15, 0.2) is 5.78 Å². The van der Waals surface area contributed by atoms with Crippen LogP contribution in [0.5, 0.6) is 0 Å². The zero-order valence-electron chi connectivity index (χ0n) is 12.9. The first-order valence-corrected chi connectivity index (χ1v) is 7.68. The largest absolute Gasteiger partial charge is 0.409 e. The molecule has 2 aromatic carbocycles.